The lowest BCUT2D eigenvalue weighted by atomic mass is 10.2. The van der Waals surface area contributed by atoms with Gasteiger partial charge in [0, 0.05) is 13.5 Å². The van der Waals surface area contributed by atoms with Crippen molar-refractivity contribution in [3.05, 3.63) is 20.4 Å². The molecule has 0 aromatic carbocycles. The van der Waals surface area contributed by atoms with E-state index in [2.05, 4.69) is 15.9 Å². The van der Waals surface area contributed by atoms with Gasteiger partial charge < -0.3 is 0 Å². The molecule has 68 valence electrons. The van der Waals surface area contributed by atoms with Crippen LogP contribution >= 0.6 is 15.9 Å². The van der Waals surface area contributed by atoms with Gasteiger partial charge in [0.2, 0.25) is 0 Å². The average molecular weight is 254 g/mol. The van der Waals surface area contributed by atoms with Crippen LogP contribution in [0.5, 0.6) is 0 Å². The van der Waals surface area contributed by atoms with Crippen molar-refractivity contribution in [1.82, 2.24) is 0 Å². The molecule has 0 aromatic rings. The largest absolute Gasteiger partial charge is 0.219 e. The Kier molecular flexibility index (Phi) is 1.59. The summed E-state index contributed by atoms with van der Waals surface area (Å²) in [5.74, 6) is -0.236. The second kappa shape index (κ2) is 3.00. The predicted octanol–water partition coefficient (Wildman–Crippen LogP) is 2.58. The molecule has 1 aliphatic heterocycles. The molecule has 1 rings (SSSR count). The summed E-state index contributed by atoms with van der Waals surface area (Å²) in [4.78, 5) is -0.348. The Morgan fingerprint density at radius 3 is 2.42 bits per heavy atom. The predicted molar refractivity (Wildman–Crippen MR) is 53.5 cm³/mol. The standard InChI is InChI=1S/C8H11BrO2S/c1-5(2)8-7(9)4-6(3)12(8,10)11/h4-5H,1-3H3/i3D3. The quantitative estimate of drug-likeness (QED) is 0.720. The van der Waals surface area contributed by atoms with E-state index in [1.807, 2.05) is 0 Å². The summed E-state index contributed by atoms with van der Waals surface area (Å²) >= 11 is 3.09. The fourth-order valence-electron chi connectivity index (χ4n) is 1.10. The van der Waals surface area contributed by atoms with Crippen molar-refractivity contribution in [2.24, 2.45) is 5.92 Å². The Morgan fingerprint density at radius 1 is 1.58 bits per heavy atom. The van der Waals surface area contributed by atoms with Crippen molar-refractivity contribution < 1.29 is 12.5 Å². The summed E-state index contributed by atoms with van der Waals surface area (Å²) in [7, 11) is -3.80. The maximum Gasteiger partial charge on any atom is 0.200 e. The van der Waals surface area contributed by atoms with Crippen LogP contribution in [0.4, 0.5) is 0 Å². The number of rotatable bonds is 1. The molecule has 0 amide bonds. The van der Waals surface area contributed by atoms with Gasteiger partial charge in [0.1, 0.15) is 0 Å². The van der Waals surface area contributed by atoms with Crippen molar-refractivity contribution in [2.45, 2.75) is 20.7 Å². The minimum absolute atomic E-state index is 0.147. The SMILES string of the molecule is [2H]C([2H])([2H])C1=CC(Br)=C(C(C)C)S1(=O)=O. The maximum absolute atomic E-state index is 11.9. The van der Waals surface area contributed by atoms with Gasteiger partial charge in [-0.1, -0.05) is 13.8 Å². The van der Waals surface area contributed by atoms with Gasteiger partial charge >= 0.3 is 0 Å². The second-order valence-corrected chi connectivity index (χ2v) is 5.62. The molecular weight excluding hydrogens is 240 g/mol. The highest BCUT2D eigenvalue weighted by Crippen LogP contribution is 2.36. The van der Waals surface area contributed by atoms with E-state index in [9.17, 15) is 8.42 Å². The topological polar surface area (TPSA) is 34.1 Å². The summed E-state index contributed by atoms with van der Waals surface area (Å²) in [6.45, 7) is 0.837. The third kappa shape index (κ3) is 1.38. The molecule has 1 aliphatic rings. The first kappa shape index (κ1) is 6.38. The van der Waals surface area contributed by atoms with Crippen LogP contribution in [0.1, 0.15) is 24.8 Å². The van der Waals surface area contributed by atoms with E-state index in [0.717, 1.165) is 0 Å². The Bertz CT molecular complexity index is 443. The van der Waals surface area contributed by atoms with Crippen LogP contribution in [0.15, 0.2) is 20.4 Å². The van der Waals surface area contributed by atoms with Crippen LogP contribution in [-0.2, 0) is 9.84 Å². The Labute approximate surface area is 85.6 Å². The molecule has 12 heavy (non-hydrogen) atoms. The molecule has 1 heterocycles. The highest BCUT2D eigenvalue weighted by atomic mass is 79.9. The third-order valence-corrected chi connectivity index (χ3v) is 4.48. The van der Waals surface area contributed by atoms with Crippen molar-refractivity contribution in [2.75, 3.05) is 0 Å². The lowest BCUT2D eigenvalue weighted by molar-refractivity contribution is 0.602. The van der Waals surface area contributed by atoms with Gasteiger partial charge in [-0.2, -0.15) is 0 Å². The van der Waals surface area contributed by atoms with Gasteiger partial charge in [0.15, 0.2) is 9.84 Å². The van der Waals surface area contributed by atoms with Crippen molar-refractivity contribution in [1.29, 1.82) is 0 Å². The Hall–Kier alpha value is -0.0900. The second-order valence-electron chi connectivity index (χ2n) is 2.88. The van der Waals surface area contributed by atoms with Crippen LogP contribution in [0.2, 0.25) is 0 Å². The molecule has 0 fully saturated rings. The summed E-state index contributed by atoms with van der Waals surface area (Å²) in [5, 5.41) is 0. The van der Waals surface area contributed by atoms with Gasteiger partial charge in [-0.15, -0.1) is 0 Å². The summed E-state index contributed by atoms with van der Waals surface area (Å²) < 4.78 is 45.5. The first-order valence-corrected chi connectivity index (χ1v) is 5.73. The molecule has 0 saturated carbocycles. The lowest BCUT2D eigenvalue weighted by Crippen LogP contribution is -2.06. The Balaban J connectivity index is 3.35. The molecule has 2 nitrogen and oxygen atoms in total. The monoisotopic (exact) mass is 253 g/mol. The van der Waals surface area contributed by atoms with Crippen LogP contribution in [0.3, 0.4) is 0 Å². The first-order valence-electron chi connectivity index (χ1n) is 4.95. The van der Waals surface area contributed by atoms with Crippen LogP contribution in [0, 0.1) is 5.92 Å². The van der Waals surface area contributed by atoms with Crippen molar-refractivity contribution in [3.63, 3.8) is 0 Å². The van der Waals surface area contributed by atoms with Crippen LogP contribution < -0.4 is 0 Å². The summed E-state index contributed by atoms with van der Waals surface area (Å²) in [6, 6.07) is 0. The number of allylic oxidation sites excluding steroid dienone is 4. The zero-order valence-electron chi connectivity index (χ0n) is 9.76. The Morgan fingerprint density at radius 2 is 2.17 bits per heavy atom. The number of hydrogen-bond donors (Lipinski definition) is 0. The van der Waals surface area contributed by atoms with Crippen molar-refractivity contribution in [3.8, 4) is 0 Å². The van der Waals surface area contributed by atoms with Gasteiger partial charge in [-0.25, -0.2) is 8.42 Å². The molecule has 0 saturated heterocycles. The third-order valence-electron chi connectivity index (χ3n) is 1.60. The van der Waals surface area contributed by atoms with Gasteiger partial charge in [0.25, 0.3) is 0 Å². The zero-order chi connectivity index (χ0) is 12.0. The minimum atomic E-state index is -3.80. The van der Waals surface area contributed by atoms with E-state index in [-0.39, 0.29) is 10.8 Å². The van der Waals surface area contributed by atoms with Gasteiger partial charge in [0.05, 0.1) is 4.91 Å². The molecule has 0 unspecified atom stereocenters. The number of sulfone groups is 1. The molecule has 0 aromatic heterocycles. The highest BCUT2D eigenvalue weighted by molar-refractivity contribution is 9.12. The fraction of sp³-hybridized carbons (Fsp3) is 0.500. The van der Waals surface area contributed by atoms with E-state index < -0.39 is 21.6 Å². The molecule has 0 bridgehead atoms. The summed E-state index contributed by atoms with van der Waals surface area (Å²) in [5.41, 5.74) is 0. The van der Waals surface area contributed by atoms with Crippen LogP contribution in [0.25, 0.3) is 0 Å². The molecule has 0 atom stereocenters. The normalized spacial score (nSPS) is 26.7. The smallest absolute Gasteiger partial charge is 0.200 e. The van der Waals surface area contributed by atoms with Crippen LogP contribution in [-0.4, -0.2) is 8.42 Å². The molecule has 0 N–H and O–H groups in total. The minimum Gasteiger partial charge on any atom is -0.219 e. The lowest BCUT2D eigenvalue weighted by Gasteiger charge is -2.07. The first-order chi connectivity index (χ1) is 6.58. The van der Waals surface area contributed by atoms with E-state index in [0.29, 0.717) is 4.48 Å². The van der Waals surface area contributed by atoms with E-state index in [1.165, 1.54) is 6.08 Å². The summed E-state index contributed by atoms with van der Waals surface area (Å²) in [6.07, 6.45) is 1.18. The molecular formula is C8H11BrO2S. The van der Waals surface area contributed by atoms with E-state index in [1.54, 1.807) is 13.8 Å². The highest BCUT2D eigenvalue weighted by Gasteiger charge is 2.30. The van der Waals surface area contributed by atoms with Crippen molar-refractivity contribution >= 4 is 25.8 Å². The molecule has 0 radical (unpaired) electrons. The fourth-order valence-corrected chi connectivity index (χ4v) is 4.02. The number of halogens is 1. The van der Waals surface area contributed by atoms with Gasteiger partial charge in [-0.3, -0.25) is 0 Å². The average Bonchev–Trinajstić information content (AvgIpc) is 2.19. The molecule has 0 aliphatic carbocycles. The van der Waals surface area contributed by atoms with E-state index in [4.69, 9.17) is 4.11 Å². The molecule has 4 heteroatoms. The maximum atomic E-state index is 11.9. The molecule has 0 spiro atoms. The van der Waals surface area contributed by atoms with E-state index >= 15 is 0 Å². The zero-order valence-corrected chi connectivity index (χ0v) is 9.16. The van der Waals surface area contributed by atoms with Gasteiger partial charge in [-0.05, 0) is 34.8 Å². The number of hydrogen-bond acceptors (Lipinski definition) is 2.